The maximum absolute atomic E-state index is 6.95. The molecule has 0 aliphatic heterocycles. The SMILES string of the molecule is CCCCCCCC(C)CC=N. The predicted molar refractivity (Wildman–Crippen MR) is 55.9 cm³/mol. The van der Waals surface area contributed by atoms with E-state index in [1.807, 2.05) is 0 Å². The van der Waals surface area contributed by atoms with Crippen LogP contribution in [0.15, 0.2) is 0 Å². The summed E-state index contributed by atoms with van der Waals surface area (Å²) in [6, 6.07) is 0. The first-order valence-corrected chi connectivity index (χ1v) is 5.30. The van der Waals surface area contributed by atoms with Gasteiger partial charge in [0.1, 0.15) is 0 Å². The van der Waals surface area contributed by atoms with Crippen molar-refractivity contribution in [2.75, 3.05) is 0 Å². The fraction of sp³-hybridized carbons (Fsp3) is 0.909. The zero-order valence-electron chi connectivity index (χ0n) is 8.60. The van der Waals surface area contributed by atoms with Crippen molar-refractivity contribution in [3.63, 3.8) is 0 Å². The van der Waals surface area contributed by atoms with Crippen LogP contribution in [-0.4, -0.2) is 6.21 Å². The predicted octanol–water partition coefficient (Wildman–Crippen LogP) is 4.02. The minimum atomic E-state index is 0.726. The topological polar surface area (TPSA) is 23.9 Å². The van der Waals surface area contributed by atoms with Crippen molar-refractivity contribution in [1.29, 1.82) is 5.41 Å². The molecule has 1 unspecified atom stereocenters. The van der Waals surface area contributed by atoms with Crippen molar-refractivity contribution in [3.05, 3.63) is 0 Å². The maximum atomic E-state index is 6.95. The highest BCUT2D eigenvalue weighted by atomic mass is 14.3. The van der Waals surface area contributed by atoms with E-state index >= 15 is 0 Å². The summed E-state index contributed by atoms with van der Waals surface area (Å²) in [5, 5.41) is 6.95. The van der Waals surface area contributed by atoms with E-state index in [1.165, 1.54) is 44.7 Å². The van der Waals surface area contributed by atoms with Gasteiger partial charge in [0, 0.05) is 0 Å². The molecule has 1 N–H and O–H groups in total. The second-order valence-electron chi connectivity index (χ2n) is 3.75. The monoisotopic (exact) mass is 169 g/mol. The molecule has 0 amide bonds. The first kappa shape index (κ1) is 11.7. The highest BCUT2D eigenvalue weighted by Crippen LogP contribution is 2.12. The van der Waals surface area contributed by atoms with Crippen LogP contribution in [0.5, 0.6) is 0 Å². The zero-order chi connectivity index (χ0) is 9.23. The molecule has 0 aliphatic carbocycles. The Hall–Kier alpha value is -0.330. The van der Waals surface area contributed by atoms with Crippen LogP contribution in [0.2, 0.25) is 0 Å². The Bertz CT molecular complexity index is 99.2. The number of unbranched alkanes of at least 4 members (excludes halogenated alkanes) is 4. The highest BCUT2D eigenvalue weighted by Gasteiger charge is 1.98. The van der Waals surface area contributed by atoms with Gasteiger partial charge in [-0.15, -0.1) is 0 Å². The number of nitrogens with one attached hydrogen (secondary N) is 1. The Kier molecular flexibility index (Phi) is 8.52. The smallest absolute Gasteiger partial charge is 0.00451 e. The fourth-order valence-electron chi connectivity index (χ4n) is 1.42. The third kappa shape index (κ3) is 7.77. The van der Waals surface area contributed by atoms with Gasteiger partial charge in [0.25, 0.3) is 0 Å². The van der Waals surface area contributed by atoms with Crippen molar-refractivity contribution < 1.29 is 0 Å². The summed E-state index contributed by atoms with van der Waals surface area (Å²) in [7, 11) is 0. The van der Waals surface area contributed by atoms with Crippen molar-refractivity contribution in [3.8, 4) is 0 Å². The summed E-state index contributed by atoms with van der Waals surface area (Å²) in [5.74, 6) is 0.726. The van der Waals surface area contributed by atoms with Gasteiger partial charge < -0.3 is 5.41 Å². The molecule has 72 valence electrons. The van der Waals surface area contributed by atoms with E-state index in [0.717, 1.165) is 12.3 Å². The largest absolute Gasteiger partial charge is 0.313 e. The summed E-state index contributed by atoms with van der Waals surface area (Å²) in [5.41, 5.74) is 0. The molecule has 0 rings (SSSR count). The molecule has 0 saturated carbocycles. The van der Waals surface area contributed by atoms with Crippen LogP contribution in [0.4, 0.5) is 0 Å². The van der Waals surface area contributed by atoms with Crippen LogP contribution in [0.3, 0.4) is 0 Å². The lowest BCUT2D eigenvalue weighted by atomic mass is 10.00. The number of hydrogen-bond acceptors (Lipinski definition) is 1. The van der Waals surface area contributed by atoms with E-state index in [-0.39, 0.29) is 0 Å². The zero-order valence-corrected chi connectivity index (χ0v) is 8.60. The van der Waals surface area contributed by atoms with Gasteiger partial charge in [-0.3, -0.25) is 0 Å². The van der Waals surface area contributed by atoms with E-state index in [1.54, 1.807) is 0 Å². The Morgan fingerprint density at radius 1 is 1.17 bits per heavy atom. The molecule has 0 aromatic heterocycles. The molecule has 0 heterocycles. The first-order chi connectivity index (χ1) is 5.81. The average Bonchev–Trinajstić information content (AvgIpc) is 2.05. The van der Waals surface area contributed by atoms with Gasteiger partial charge in [-0.25, -0.2) is 0 Å². The molecule has 0 bridgehead atoms. The lowest BCUT2D eigenvalue weighted by molar-refractivity contribution is 0.500. The van der Waals surface area contributed by atoms with Crippen LogP contribution < -0.4 is 0 Å². The standard InChI is InChI=1S/C11H23N/c1-3-4-5-6-7-8-11(2)9-10-12/h10-12H,3-9H2,1-2H3. The molecule has 1 heteroatoms. The van der Waals surface area contributed by atoms with Crippen molar-refractivity contribution in [2.45, 2.75) is 58.8 Å². The van der Waals surface area contributed by atoms with Gasteiger partial charge in [0.2, 0.25) is 0 Å². The molecule has 0 aliphatic rings. The molecule has 0 spiro atoms. The van der Waals surface area contributed by atoms with E-state index in [9.17, 15) is 0 Å². The van der Waals surface area contributed by atoms with Gasteiger partial charge in [-0.05, 0) is 18.6 Å². The quantitative estimate of drug-likeness (QED) is 0.419. The Labute approximate surface area is 77.1 Å². The lowest BCUT2D eigenvalue weighted by Crippen LogP contribution is -1.94. The van der Waals surface area contributed by atoms with Crippen LogP contribution in [-0.2, 0) is 0 Å². The van der Waals surface area contributed by atoms with Gasteiger partial charge in [-0.2, -0.15) is 0 Å². The third-order valence-corrected chi connectivity index (χ3v) is 2.32. The van der Waals surface area contributed by atoms with Crippen LogP contribution in [0, 0.1) is 11.3 Å². The minimum Gasteiger partial charge on any atom is -0.313 e. The summed E-state index contributed by atoms with van der Waals surface area (Å²) in [6.07, 6.45) is 10.7. The van der Waals surface area contributed by atoms with Crippen molar-refractivity contribution in [1.82, 2.24) is 0 Å². The van der Waals surface area contributed by atoms with E-state index in [4.69, 9.17) is 5.41 Å². The Morgan fingerprint density at radius 3 is 2.42 bits per heavy atom. The molecule has 0 aromatic rings. The third-order valence-electron chi connectivity index (χ3n) is 2.32. The van der Waals surface area contributed by atoms with E-state index in [2.05, 4.69) is 13.8 Å². The van der Waals surface area contributed by atoms with Crippen LogP contribution in [0.1, 0.15) is 58.8 Å². The van der Waals surface area contributed by atoms with Crippen LogP contribution >= 0.6 is 0 Å². The molecular weight excluding hydrogens is 146 g/mol. The Balaban J connectivity index is 3.02. The summed E-state index contributed by atoms with van der Waals surface area (Å²) >= 11 is 0. The highest BCUT2D eigenvalue weighted by molar-refractivity contribution is 5.53. The van der Waals surface area contributed by atoms with Gasteiger partial charge in [-0.1, -0.05) is 52.4 Å². The minimum absolute atomic E-state index is 0.726. The molecule has 0 fully saturated rings. The van der Waals surface area contributed by atoms with Crippen molar-refractivity contribution >= 4 is 6.21 Å². The number of hydrogen-bond donors (Lipinski definition) is 1. The maximum Gasteiger partial charge on any atom is -0.00451 e. The molecule has 0 aromatic carbocycles. The van der Waals surface area contributed by atoms with E-state index in [0.29, 0.717) is 0 Å². The van der Waals surface area contributed by atoms with Crippen molar-refractivity contribution in [2.24, 2.45) is 5.92 Å². The Morgan fingerprint density at radius 2 is 1.83 bits per heavy atom. The number of rotatable bonds is 8. The van der Waals surface area contributed by atoms with Gasteiger partial charge >= 0.3 is 0 Å². The van der Waals surface area contributed by atoms with Gasteiger partial charge in [0.05, 0.1) is 0 Å². The normalized spacial score (nSPS) is 12.8. The van der Waals surface area contributed by atoms with Crippen LogP contribution in [0.25, 0.3) is 0 Å². The second-order valence-corrected chi connectivity index (χ2v) is 3.75. The molecular formula is C11H23N. The molecule has 1 atom stereocenters. The van der Waals surface area contributed by atoms with Gasteiger partial charge in [0.15, 0.2) is 0 Å². The summed E-state index contributed by atoms with van der Waals surface area (Å²) < 4.78 is 0. The first-order valence-electron chi connectivity index (χ1n) is 5.30. The average molecular weight is 169 g/mol. The lowest BCUT2D eigenvalue weighted by Gasteiger charge is -2.06. The summed E-state index contributed by atoms with van der Waals surface area (Å²) in [4.78, 5) is 0. The summed E-state index contributed by atoms with van der Waals surface area (Å²) in [6.45, 7) is 4.49. The van der Waals surface area contributed by atoms with E-state index < -0.39 is 0 Å². The molecule has 12 heavy (non-hydrogen) atoms. The molecule has 1 nitrogen and oxygen atoms in total. The second kappa shape index (κ2) is 8.76. The molecule has 0 saturated heterocycles. The molecule has 0 radical (unpaired) electrons. The fourth-order valence-corrected chi connectivity index (χ4v) is 1.42.